The molecule has 0 radical (unpaired) electrons. The molecule has 0 aliphatic carbocycles. The van der Waals surface area contributed by atoms with Gasteiger partial charge in [0.2, 0.25) is 0 Å². The van der Waals surface area contributed by atoms with Gasteiger partial charge in [-0.15, -0.1) is 0 Å². The van der Waals surface area contributed by atoms with Crippen LogP contribution in [0.4, 0.5) is 11.4 Å². The van der Waals surface area contributed by atoms with Crippen LogP contribution < -0.4 is 10.6 Å². The van der Waals surface area contributed by atoms with Crippen molar-refractivity contribution >= 4 is 35.0 Å². The third-order valence-electron chi connectivity index (χ3n) is 8.43. The first-order valence-electron chi connectivity index (χ1n) is 13.4. The van der Waals surface area contributed by atoms with Crippen LogP contribution in [0.3, 0.4) is 0 Å². The van der Waals surface area contributed by atoms with Crippen molar-refractivity contribution < 1.29 is 19.2 Å². The lowest BCUT2D eigenvalue weighted by molar-refractivity contribution is 0.0692. The van der Waals surface area contributed by atoms with E-state index in [2.05, 4.69) is 0 Å². The van der Waals surface area contributed by atoms with E-state index in [0.717, 1.165) is 38.3 Å². The fraction of sp³-hybridized carbons (Fsp3) is 0.176. The molecule has 0 atom stereocenters. The van der Waals surface area contributed by atoms with E-state index in [-0.39, 0.29) is 23.6 Å². The number of hydrogen-bond donors (Lipinski definition) is 1. The first-order valence-corrected chi connectivity index (χ1v) is 13.4. The second-order valence-electron chi connectivity index (χ2n) is 11.3. The Labute approximate surface area is 238 Å². The van der Waals surface area contributed by atoms with Crippen LogP contribution in [0.2, 0.25) is 0 Å². The lowest BCUT2D eigenvalue weighted by Crippen LogP contribution is -2.29. The minimum absolute atomic E-state index is 0.317. The summed E-state index contributed by atoms with van der Waals surface area (Å²) in [5, 5.41) is 0. The van der Waals surface area contributed by atoms with Crippen LogP contribution in [-0.4, -0.2) is 35.6 Å². The predicted octanol–water partition coefficient (Wildman–Crippen LogP) is 5.90. The molecule has 6 rings (SSSR count). The second-order valence-corrected chi connectivity index (χ2v) is 11.3. The number of carbonyl (C=O) groups is 4. The number of hydrogen-bond acceptors (Lipinski definition) is 5. The summed E-state index contributed by atoms with van der Waals surface area (Å²) in [5.41, 5.74) is 13.6. The number of anilines is 2. The predicted molar refractivity (Wildman–Crippen MR) is 158 cm³/mol. The Kier molecular flexibility index (Phi) is 5.75. The quantitative estimate of drug-likeness (QED) is 0.255. The molecule has 2 N–H and O–H groups in total. The summed E-state index contributed by atoms with van der Waals surface area (Å²) in [5.74, 6) is -1.39. The maximum atomic E-state index is 13.7. The van der Waals surface area contributed by atoms with Crippen LogP contribution in [0.25, 0.3) is 11.1 Å². The average Bonchev–Trinajstić information content (AvgIpc) is 3.32. The van der Waals surface area contributed by atoms with Gasteiger partial charge in [-0.25, -0.2) is 4.90 Å². The summed E-state index contributed by atoms with van der Waals surface area (Å²) < 4.78 is 0. The monoisotopic (exact) mass is 543 g/mol. The van der Waals surface area contributed by atoms with Gasteiger partial charge in [-0.05, 0) is 95.8 Å². The zero-order valence-electron chi connectivity index (χ0n) is 23.5. The van der Waals surface area contributed by atoms with Crippen molar-refractivity contribution in [3.63, 3.8) is 0 Å². The number of aryl methyl sites for hydroxylation is 2. The number of rotatable bonds is 4. The van der Waals surface area contributed by atoms with E-state index >= 15 is 0 Å². The van der Waals surface area contributed by atoms with E-state index < -0.39 is 5.41 Å². The van der Waals surface area contributed by atoms with Crippen molar-refractivity contribution in [1.82, 2.24) is 4.90 Å². The van der Waals surface area contributed by atoms with Crippen LogP contribution >= 0.6 is 0 Å². The Morgan fingerprint density at radius 2 is 1.02 bits per heavy atom. The molecule has 0 saturated heterocycles. The number of amides is 4. The minimum Gasteiger partial charge on any atom is -0.399 e. The smallest absolute Gasteiger partial charge is 0.266 e. The lowest BCUT2D eigenvalue weighted by Gasteiger charge is -2.27. The third-order valence-corrected chi connectivity index (χ3v) is 8.43. The summed E-state index contributed by atoms with van der Waals surface area (Å²) >= 11 is 0. The largest absolute Gasteiger partial charge is 0.399 e. The highest BCUT2D eigenvalue weighted by atomic mass is 16.2. The summed E-state index contributed by atoms with van der Waals surface area (Å²) in [6, 6.07) is 21.9. The van der Waals surface area contributed by atoms with Crippen molar-refractivity contribution in [1.29, 1.82) is 0 Å². The first-order chi connectivity index (χ1) is 19.4. The second kappa shape index (κ2) is 8.99. The van der Waals surface area contributed by atoms with E-state index in [1.54, 1.807) is 30.3 Å². The Morgan fingerprint density at radius 3 is 1.61 bits per heavy atom. The van der Waals surface area contributed by atoms with Crippen LogP contribution in [0.1, 0.15) is 77.5 Å². The number of fused-ring (bicyclic) bond motifs is 2. The fourth-order valence-corrected chi connectivity index (χ4v) is 5.86. The zero-order chi connectivity index (χ0) is 29.4. The molecule has 4 aromatic rings. The van der Waals surface area contributed by atoms with Crippen LogP contribution in [0, 0.1) is 13.8 Å². The van der Waals surface area contributed by atoms with Gasteiger partial charge in [0.15, 0.2) is 0 Å². The van der Waals surface area contributed by atoms with Gasteiger partial charge in [-0.3, -0.25) is 24.1 Å². The molecule has 2 aliphatic rings. The summed E-state index contributed by atoms with van der Waals surface area (Å²) in [7, 11) is 1.47. The Bertz CT molecular complexity index is 1850. The number of benzene rings is 4. The Morgan fingerprint density at radius 1 is 0.561 bits per heavy atom. The van der Waals surface area contributed by atoms with Gasteiger partial charge in [0.25, 0.3) is 23.6 Å². The van der Waals surface area contributed by atoms with Gasteiger partial charge >= 0.3 is 0 Å². The fourth-order valence-electron chi connectivity index (χ4n) is 5.86. The molecule has 41 heavy (non-hydrogen) atoms. The summed E-state index contributed by atoms with van der Waals surface area (Å²) in [6.07, 6.45) is 0. The van der Waals surface area contributed by atoms with Gasteiger partial charge in [0.05, 0.1) is 27.9 Å². The summed E-state index contributed by atoms with van der Waals surface area (Å²) in [4.78, 5) is 54.4. The molecule has 7 nitrogen and oxygen atoms in total. The number of nitrogens with two attached hydrogens (primary N) is 1. The molecular formula is C34H29N3O4. The van der Waals surface area contributed by atoms with Crippen molar-refractivity contribution in [2.24, 2.45) is 0 Å². The van der Waals surface area contributed by atoms with Crippen LogP contribution in [0.15, 0.2) is 72.8 Å². The van der Waals surface area contributed by atoms with Crippen molar-refractivity contribution in [3.8, 4) is 11.1 Å². The van der Waals surface area contributed by atoms with Crippen molar-refractivity contribution in [2.45, 2.75) is 33.1 Å². The minimum atomic E-state index is -0.611. The molecule has 2 heterocycles. The van der Waals surface area contributed by atoms with Gasteiger partial charge in [0.1, 0.15) is 0 Å². The first kappa shape index (κ1) is 26.2. The van der Waals surface area contributed by atoms with Crippen molar-refractivity contribution in [2.75, 3.05) is 17.7 Å². The number of imide groups is 2. The molecule has 7 heteroatoms. The van der Waals surface area contributed by atoms with Gasteiger partial charge < -0.3 is 5.73 Å². The topological polar surface area (TPSA) is 101 Å². The number of carbonyl (C=O) groups excluding carboxylic acids is 4. The molecule has 204 valence electrons. The molecule has 0 fully saturated rings. The Hall–Kier alpha value is -5.04. The van der Waals surface area contributed by atoms with Crippen molar-refractivity contribution in [3.05, 3.63) is 117 Å². The van der Waals surface area contributed by atoms with E-state index in [1.165, 1.54) is 11.9 Å². The highest BCUT2D eigenvalue weighted by Crippen LogP contribution is 2.38. The van der Waals surface area contributed by atoms with E-state index in [9.17, 15) is 19.2 Å². The molecule has 0 bridgehead atoms. The van der Waals surface area contributed by atoms with E-state index in [4.69, 9.17) is 5.73 Å². The molecule has 4 amide bonds. The number of nitrogen functional groups attached to an aromatic ring is 1. The van der Waals surface area contributed by atoms with E-state index in [0.29, 0.717) is 33.6 Å². The van der Waals surface area contributed by atoms with Gasteiger partial charge in [-0.2, -0.15) is 0 Å². The summed E-state index contributed by atoms with van der Waals surface area (Å²) in [6.45, 7) is 7.93. The maximum absolute atomic E-state index is 13.7. The van der Waals surface area contributed by atoms with Crippen LogP contribution in [-0.2, 0) is 5.41 Å². The third kappa shape index (κ3) is 3.88. The van der Waals surface area contributed by atoms with Crippen LogP contribution in [0.5, 0.6) is 0 Å². The molecule has 0 unspecified atom stereocenters. The van der Waals surface area contributed by atoms with Gasteiger partial charge in [0, 0.05) is 18.2 Å². The molecule has 4 aromatic carbocycles. The normalized spacial score (nSPS) is 14.7. The SMILES string of the molecule is Cc1cc(N)ccc1-c1ccc(N2C(=O)c3ccc(C(C)(C)c4ccc5c(c4)C(=O)N(C)C5=O)cc3C2=O)cc1C. The molecule has 0 saturated carbocycles. The Balaban J connectivity index is 1.34. The standard InChI is InChI=1S/C34H29N3O4/c1-18-14-22(35)8-12-24(18)25-13-9-23(15-19(25)2)37-32(40)27-11-7-21(17-29(27)33(37)41)34(3,4)20-6-10-26-28(16-20)31(39)36(5)30(26)38/h6-17H,35H2,1-5H3. The lowest BCUT2D eigenvalue weighted by atomic mass is 9.76. The van der Waals surface area contributed by atoms with E-state index in [1.807, 2.05) is 70.2 Å². The highest BCUT2D eigenvalue weighted by molar-refractivity contribution is 6.34. The molecular weight excluding hydrogens is 514 g/mol. The number of nitrogens with zero attached hydrogens (tertiary/aromatic N) is 2. The molecule has 0 spiro atoms. The maximum Gasteiger partial charge on any atom is 0.266 e. The average molecular weight is 544 g/mol. The molecule has 2 aliphatic heterocycles. The molecule has 0 aromatic heterocycles. The van der Waals surface area contributed by atoms with Gasteiger partial charge in [-0.1, -0.05) is 38.1 Å². The highest BCUT2D eigenvalue weighted by Gasteiger charge is 2.39. The zero-order valence-corrected chi connectivity index (χ0v) is 23.5.